The minimum atomic E-state index is -0.979. The van der Waals surface area contributed by atoms with E-state index in [1.54, 1.807) is 6.92 Å². The van der Waals surface area contributed by atoms with Gasteiger partial charge in [0, 0.05) is 45.6 Å². The Morgan fingerprint density at radius 3 is 2.34 bits per heavy atom. The molecule has 8 heteroatoms. The third-order valence-electron chi connectivity index (χ3n) is 5.90. The van der Waals surface area contributed by atoms with Crippen molar-refractivity contribution in [3.05, 3.63) is 35.4 Å². The van der Waals surface area contributed by atoms with Crippen molar-refractivity contribution in [3.63, 3.8) is 0 Å². The van der Waals surface area contributed by atoms with Crippen LogP contribution in [0.4, 0.5) is 8.78 Å². The Hall–Kier alpha value is -2.06. The number of rotatable bonds is 8. The molecule has 1 fully saturated rings. The summed E-state index contributed by atoms with van der Waals surface area (Å²) in [4.78, 5) is 25.4. The van der Waals surface area contributed by atoms with Gasteiger partial charge in [-0.05, 0) is 48.3 Å². The third kappa shape index (κ3) is 8.47. The summed E-state index contributed by atoms with van der Waals surface area (Å²) in [5.41, 5.74) is 0.480. The Morgan fingerprint density at radius 1 is 1.19 bits per heavy atom. The molecule has 1 aliphatic heterocycles. The Morgan fingerprint density at radius 2 is 1.81 bits per heavy atom. The van der Waals surface area contributed by atoms with Gasteiger partial charge in [-0.2, -0.15) is 0 Å². The zero-order valence-electron chi connectivity index (χ0n) is 19.8. The van der Waals surface area contributed by atoms with E-state index in [-0.39, 0.29) is 36.2 Å². The molecule has 6 nitrogen and oxygen atoms in total. The summed E-state index contributed by atoms with van der Waals surface area (Å²) in [6.07, 6.45) is 0.965. The Labute approximate surface area is 189 Å². The number of benzene rings is 1. The van der Waals surface area contributed by atoms with Gasteiger partial charge in [-0.15, -0.1) is 0 Å². The van der Waals surface area contributed by atoms with Gasteiger partial charge in [-0.3, -0.25) is 9.59 Å². The summed E-state index contributed by atoms with van der Waals surface area (Å²) in [6.45, 7) is 10.9. The van der Waals surface area contributed by atoms with E-state index < -0.39 is 23.8 Å². The first-order chi connectivity index (χ1) is 14.8. The SMILES string of the molecule is CC(=O)NC(Cc1cc(F)cc(F)c1)C(O)CNC1CN(C(C)=O)CCC1CC(C)(C)C. The monoisotopic (exact) mass is 453 g/mol. The number of amides is 2. The van der Waals surface area contributed by atoms with Crippen molar-refractivity contribution in [1.29, 1.82) is 0 Å². The number of nitrogens with zero attached hydrogens (tertiary/aromatic N) is 1. The van der Waals surface area contributed by atoms with E-state index in [2.05, 4.69) is 31.4 Å². The molecule has 1 aliphatic rings. The van der Waals surface area contributed by atoms with Crippen molar-refractivity contribution < 1.29 is 23.5 Å². The number of likely N-dealkylation sites (tertiary alicyclic amines) is 1. The Balaban J connectivity index is 2.09. The lowest BCUT2D eigenvalue weighted by atomic mass is 9.78. The van der Waals surface area contributed by atoms with E-state index in [4.69, 9.17) is 0 Å². The molecule has 3 N–H and O–H groups in total. The van der Waals surface area contributed by atoms with Gasteiger partial charge in [0.2, 0.25) is 11.8 Å². The van der Waals surface area contributed by atoms with Crippen LogP contribution < -0.4 is 10.6 Å². The molecule has 1 heterocycles. The molecule has 0 aromatic heterocycles. The molecule has 0 bridgehead atoms. The number of piperidine rings is 1. The molecule has 180 valence electrons. The molecule has 32 heavy (non-hydrogen) atoms. The summed E-state index contributed by atoms with van der Waals surface area (Å²) in [6, 6.07) is 2.47. The largest absolute Gasteiger partial charge is 0.390 e. The molecule has 0 aliphatic carbocycles. The van der Waals surface area contributed by atoms with Crippen LogP contribution in [0.3, 0.4) is 0 Å². The number of carbonyl (C=O) groups excluding carboxylic acids is 2. The van der Waals surface area contributed by atoms with E-state index >= 15 is 0 Å². The number of hydrogen-bond acceptors (Lipinski definition) is 4. The quantitative estimate of drug-likeness (QED) is 0.565. The maximum absolute atomic E-state index is 13.6. The second kappa shape index (κ2) is 11.2. The molecule has 1 aromatic carbocycles. The fraction of sp³-hybridized carbons (Fsp3) is 0.667. The summed E-state index contributed by atoms with van der Waals surface area (Å²) in [5.74, 6) is -1.38. The average molecular weight is 454 g/mol. The van der Waals surface area contributed by atoms with Crippen molar-refractivity contribution in [1.82, 2.24) is 15.5 Å². The van der Waals surface area contributed by atoms with Crippen LogP contribution in [0.2, 0.25) is 0 Å². The topological polar surface area (TPSA) is 81.7 Å². The van der Waals surface area contributed by atoms with Crippen LogP contribution in [0.5, 0.6) is 0 Å². The molecule has 4 atom stereocenters. The molecule has 0 spiro atoms. The first-order valence-corrected chi connectivity index (χ1v) is 11.2. The van der Waals surface area contributed by atoms with E-state index in [9.17, 15) is 23.5 Å². The molecule has 4 unspecified atom stereocenters. The Kier molecular flexibility index (Phi) is 9.16. The maximum atomic E-state index is 13.6. The van der Waals surface area contributed by atoms with Gasteiger partial charge in [0.25, 0.3) is 0 Å². The highest BCUT2D eigenvalue weighted by atomic mass is 19.1. The Bertz CT molecular complexity index is 777. The van der Waals surface area contributed by atoms with Gasteiger partial charge in [0.1, 0.15) is 11.6 Å². The van der Waals surface area contributed by atoms with Gasteiger partial charge in [0.05, 0.1) is 12.1 Å². The van der Waals surface area contributed by atoms with Gasteiger partial charge in [-0.25, -0.2) is 8.78 Å². The molecule has 2 rings (SSSR count). The second-order valence-electron chi connectivity index (χ2n) is 10.1. The zero-order valence-corrected chi connectivity index (χ0v) is 19.8. The van der Waals surface area contributed by atoms with E-state index in [1.807, 2.05) is 4.90 Å². The number of halogens is 2. The molecule has 2 amide bonds. The fourth-order valence-electron chi connectivity index (χ4n) is 4.49. The van der Waals surface area contributed by atoms with Crippen LogP contribution in [-0.2, 0) is 16.0 Å². The van der Waals surface area contributed by atoms with Crippen LogP contribution in [-0.4, -0.2) is 59.6 Å². The predicted octanol–water partition coefficient (Wildman–Crippen LogP) is 2.64. The molecular weight excluding hydrogens is 416 g/mol. The van der Waals surface area contributed by atoms with Gasteiger partial charge < -0.3 is 20.6 Å². The lowest BCUT2D eigenvalue weighted by Crippen LogP contribution is -2.56. The van der Waals surface area contributed by atoms with Crippen molar-refractivity contribution in [2.75, 3.05) is 19.6 Å². The van der Waals surface area contributed by atoms with Crippen LogP contribution in [0.25, 0.3) is 0 Å². The zero-order chi connectivity index (χ0) is 24.1. The van der Waals surface area contributed by atoms with Crippen LogP contribution in [0.1, 0.15) is 53.0 Å². The summed E-state index contributed by atoms with van der Waals surface area (Å²) in [5, 5.41) is 16.9. The van der Waals surface area contributed by atoms with Crippen LogP contribution >= 0.6 is 0 Å². The second-order valence-corrected chi connectivity index (χ2v) is 10.1. The van der Waals surface area contributed by atoms with Gasteiger partial charge in [0.15, 0.2) is 0 Å². The summed E-state index contributed by atoms with van der Waals surface area (Å²) < 4.78 is 27.2. The highest BCUT2D eigenvalue weighted by Gasteiger charge is 2.33. The maximum Gasteiger partial charge on any atom is 0.219 e. The molecule has 0 radical (unpaired) electrons. The van der Waals surface area contributed by atoms with Crippen LogP contribution in [0, 0.1) is 23.0 Å². The number of aliphatic hydroxyl groups excluding tert-OH is 1. The molecule has 1 aromatic rings. The molecular formula is C24H37F2N3O3. The highest BCUT2D eigenvalue weighted by molar-refractivity contribution is 5.73. The smallest absolute Gasteiger partial charge is 0.219 e. The van der Waals surface area contributed by atoms with Gasteiger partial charge in [-0.1, -0.05) is 20.8 Å². The number of aliphatic hydroxyl groups is 1. The first kappa shape index (κ1) is 26.2. The fourth-order valence-corrected chi connectivity index (χ4v) is 4.49. The van der Waals surface area contributed by atoms with E-state index in [0.717, 1.165) is 25.5 Å². The first-order valence-electron chi connectivity index (χ1n) is 11.2. The third-order valence-corrected chi connectivity index (χ3v) is 5.90. The van der Waals surface area contributed by atoms with E-state index in [1.165, 1.54) is 19.1 Å². The number of hydrogen-bond donors (Lipinski definition) is 3. The average Bonchev–Trinajstić information content (AvgIpc) is 2.63. The van der Waals surface area contributed by atoms with Gasteiger partial charge >= 0.3 is 0 Å². The number of nitrogens with one attached hydrogen (secondary N) is 2. The molecule has 1 saturated heterocycles. The van der Waals surface area contributed by atoms with E-state index in [0.29, 0.717) is 18.0 Å². The minimum Gasteiger partial charge on any atom is -0.390 e. The standard InChI is InChI=1S/C24H37F2N3O3/c1-15(30)28-21(10-17-8-19(25)11-20(26)9-17)23(32)13-27-22-14-29(16(2)31)7-6-18(22)12-24(3,4)5/h8-9,11,18,21-23,27,32H,6-7,10,12-14H2,1-5H3,(H,28,30). The predicted molar refractivity (Wildman–Crippen MR) is 120 cm³/mol. The normalized spacial score (nSPS) is 21.2. The molecule has 0 saturated carbocycles. The van der Waals surface area contributed by atoms with Crippen molar-refractivity contribution >= 4 is 11.8 Å². The van der Waals surface area contributed by atoms with Crippen molar-refractivity contribution in [3.8, 4) is 0 Å². The summed E-state index contributed by atoms with van der Waals surface area (Å²) in [7, 11) is 0. The number of carbonyl (C=O) groups is 2. The van der Waals surface area contributed by atoms with Crippen molar-refractivity contribution in [2.24, 2.45) is 11.3 Å². The van der Waals surface area contributed by atoms with Crippen molar-refractivity contribution in [2.45, 2.75) is 72.1 Å². The van der Waals surface area contributed by atoms with Crippen LogP contribution in [0.15, 0.2) is 18.2 Å². The lowest BCUT2D eigenvalue weighted by Gasteiger charge is -2.41. The highest BCUT2D eigenvalue weighted by Crippen LogP contribution is 2.31. The summed E-state index contributed by atoms with van der Waals surface area (Å²) >= 11 is 0. The minimum absolute atomic E-state index is 0.00566. The lowest BCUT2D eigenvalue weighted by molar-refractivity contribution is -0.131.